The second-order valence-corrected chi connectivity index (χ2v) is 30.4. The van der Waals surface area contributed by atoms with Crippen molar-refractivity contribution in [3.05, 3.63) is 259 Å². The zero-order valence-electron chi connectivity index (χ0n) is 67.3. The van der Waals surface area contributed by atoms with Crippen molar-refractivity contribution in [2.75, 3.05) is 7.15 Å². The summed E-state index contributed by atoms with van der Waals surface area (Å²) in [6.07, 6.45) is 0. The fourth-order valence-electron chi connectivity index (χ4n) is 12.4. The molecule has 0 spiro atoms. The molecule has 575 valence electrons. The van der Waals surface area contributed by atoms with Crippen molar-refractivity contribution in [2.45, 2.75) is 117 Å². The molecule has 15 aromatic rings. The first-order valence-electron chi connectivity index (χ1n) is 37.4. The maximum atomic E-state index is 9.96. The van der Waals surface area contributed by atoms with E-state index in [-0.39, 0.29) is 58.8 Å². The van der Waals surface area contributed by atoms with Gasteiger partial charge in [0.2, 0.25) is 5.28 Å². The summed E-state index contributed by atoms with van der Waals surface area (Å²) in [6.45, 7) is 24.4. The first-order chi connectivity index (χ1) is 55.1. The van der Waals surface area contributed by atoms with Crippen LogP contribution in [0, 0.1) is 38.5 Å². The van der Waals surface area contributed by atoms with E-state index < -0.39 is 39.5 Å². The molecular formula is C86H83B4Cl4FN6O11U-. The predicted octanol–water partition coefficient (Wildman–Crippen LogP) is 22.0. The summed E-state index contributed by atoms with van der Waals surface area (Å²) in [5.41, 5.74) is 12.5. The minimum atomic E-state index is -1.00. The second kappa shape index (κ2) is 36.2. The molecule has 3 saturated heterocycles. The van der Waals surface area contributed by atoms with Crippen molar-refractivity contribution in [2.24, 2.45) is 0 Å². The van der Waals surface area contributed by atoms with Gasteiger partial charge in [0.25, 0.3) is 0 Å². The molecule has 0 aliphatic carbocycles. The number of nitrogens with zero attached hydrogens (tertiary/aromatic N) is 6. The number of aromatic nitrogens is 6. The van der Waals surface area contributed by atoms with Gasteiger partial charge < -0.3 is 58.3 Å². The van der Waals surface area contributed by atoms with E-state index in [1.165, 1.54) is 0 Å². The number of benzene rings is 9. The fourth-order valence-corrected chi connectivity index (χ4v) is 13.0. The Bertz CT molecular complexity index is 5730. The molecule has 0 amide bonds. The van der Waals surface area contributed by atoms with Crippen LogP contribution in [-0.4, -0.2) is 106 Å². The Hall–Kier alpha value is -8.46. The van der Waals surface area contributed by atoms with Gasteiger partial charge in [0.05, 0.1) is 42.1 Å². The van der Waals surface area contributed by atoms with Crippen molar-refractivity contribution in [1.29, 1.82) is 1.17 Å². The molecular weight excluding hydrogens is 1740 g/mol. The Balaban J connectivity index is 0.000000156. The molecule has 3 aliphatic heterocycles. The third-order valence-corrected chi connectivity index (χ3v) is 20.9. The summed E-state index contributed by atoms with van der Waals surface area (Å²) in [5.74, 6) is 1.79. The number of halogens is 5. The first-order valence-corrected chi connectivity index (χ1v) is 36.8. The summed E-state index contributed by atoms with van der Waals surface area (Å²) in [4.78, 5) is 28.2. The van der Waals surface area contributed by atoms with E-state index in [1.807, 2.05) is 262 Å². The number of fused-ring (bicyclic) bond motifs is 9. The van der Waals surface area contributed by atoms with Gasteiger partial charge in [0.15, 0.2) is 28.4 Å². The molecule has 0 unspecified atom stereocenters. The van der Waals surface area contributed by atoms with Crippen LogP contribution in [-0.2, 0) is 27.9 Å². The van der Waals surface area contributed by atoms with Gasteiger partial charge in [-0.3, -0.25) is 4.39 Å². The van der Waals surface area contributed by atoms with Gasteiger partial charge >= 0.3 is 28.8 Å². The predicted molar refractivity (Wildman–Crippen MR) is 454 cm³/mol. The molecule has 3 fully saturated rings. The number of alkyl halides is 1. The number of furan rings is 3. The zero-order chi connectivity index (χ0) is 82.6. The Morgan fingerprint density at radius 2 is 0.735 bits per heavy atom. The molecule has 17 nitrogen and oxygen atoms in total. The Morgan fingerprint density at radius 1 is 0.416 bits per heavy atom. The minimum absolute atomic E-state index is 0. The van der Waals surface area contributed by atoms with Crippen molar-refractivity contribution < 1.29 is 89.1 Å². The largest absolute Gasteiger partial charge is 0.569 e. The van der Waals surface area contributed by atoms with Gasteiger partial charge in [-0.25, -0.2) is 31.3 Å². The van der Waals surface area contributed by atoms with E-state index in [9.17, 15) is 4.39 Å². The molecule has 1 N–H and O–H groups in total. The summed E-state index contributed by atoms with van der Waals surface area (Å²) < 4.78 is 85.5. The molecule has 9 aromatic carbocycles. The SMILES string of the molecule is CC1(C)OB(B2OC(C)(C)C(C)(C)O2)OC1(C)C.CC1(C)OB(c2cccc(-c3nc(-c4ccccc4)c4oc5ccccc5c4n3)c2)OC1(C)C.Clc1cccc(-c2nc(-c3ccccc3)c3oc4ccccc4c3n2)c1.Clc1nc(-c2ccccc2)c2oc3ccccc3c2n1.O[B]Oc1cccc(Cl)c1.[2H]CF.[3H]Cl.[3H][CH2-].[U]. The molecule has 113 heavy (non-hydrogen) atoms. The first kappa shape index (κ1) is 82.5. The summed E-state index contributed by atoms with van der Waals surface area (Å²) >= 11 is 21.7. The molecule has 0 saturated carbocycles. The van der Waals surface area contributed by atoms with Crippen LogP contribution < -0.4 is 10.1 Å². The summed E-state index contributed by atoms with van der Waals surface area (Å²) in [7, 11) is 0.718. The molecule has 0 bridgehead atoms. The average Bonchev–Trinajstić information content (AvgIpc) is 1.61. The van der Waals surface area contributed by atoms with Crippen LogP contribution in [0.2, 0.25) is 15.3 Å². The molecule has 27 heteroatoms. The maximum absolute atomic E-state index is 9.96. The Kier molecular flexibility index (Phi) is 26.4. The summed E-state index contributed by atoms with van der Waals surface area (Å²) in [5, 5.41) is 12.6. The maximum Gasteiger partial charge on any atom is 0.569 e. The van der Waals surface area contributed by atoms with E-state index in [4.69, 9.17) is 105 Å². The Morgan fingerprint density at radius 3 is 1.12 bits per heavy atom. The van der Waals surface area contributed by atoms with Gasteiger partial charge in [-0.15, -0.1) is 12.3 Å². The number of hydrogen-bond acceptors (Lipinski definition) is 17. The smallest absolute Gasteiger partial charge is 0.537 e. The fraction of sp³-hybridized carbons (Fsp3) is 0.221. The van der Waals surface area contributed by atoms with Crippen LogP contribution in [0.1, 0.15) is 85.8 Å². The van der Waals surface area contributed by atoms with Crippen molar-refractivity contribution in [1.82, 2.24) is 29.9 Å². The quantitative estimate of drug-likeness (QED) is 0.0811. The molecule has 1 radical (unpaired) electrons. The average molecular weight is 1820 g/mol. The van der Waals surface area contributed by atoms with Crippen LogP contribution in [0.5, 0.6) is 5.75 Å². The van der Waals surface area contributed by atoms with Crippen LogP contribution in [0.3, 0.4) is 0 Å². The third-order valence-electron chi connectivity index (χ3n) is 20.3. The molecule has 6 aromatic heterocycles. The number of hydrogen-bond donors (Lipinski definition) is 1. The standard InChI is InChI=1S/C28H25BN2O3.C22H13ClN2O.C16H9ClN2O.C12H24B2O4.C6H5BClO2.CH3F.CH3.ClH.U/c1-27(2)28(3,4)34-29(33-27)20-14-10-13-19(17-20)26-30-23(18-11-6-5-7-12-18)25-24(31-26)21-15-8-9-16-22(21)32-25;23-16-10-6-9-15(13-16)22-24-19(14-7-2-1-3-8-14)21-20(25-22)17-11-4-5-12-18(17)26-21;17-16-18-13(10-6-2-1-3-7-10)15-14(19-16)11-8-4-5-9-12(11)20-15;1-9(2)10(3,4)16-13(15-9)14-17-11(5,6)12(7,8)18-14;8-5-2-1-3-6(4-5)10-7-9;1-2;;;/h5-17H,1-4H3;1-13H;1-9H;1-8H3;1-4,9H;1H3;1H3;1H;/q;;;;;;-1;;/i;;;;;1D;1T;;/hT. The minimum Gasteiger partial charge on any atom is -0.537 e. The monoisotopic (exact) mass is 1820 g/mol. The Labute approximate surface area is 707 Å². The van der Waals surface area contributed by atoms with Crippen molar-refractivity contribution in [3.8, 4) is 62.3 Å². The van der Waals surface area contributed by atoms with E-state index in [1.54, 1.807) is 24.3 Å². The van der Waals surface area contributed by atoms with Gasteiger partial charge in [0, 0.05) is 85.1 Å². The van der Waals surface area contributed by atoms with Crippen LogP contribution >= 0.6 is 47.1 Å². The van der Waals surface area contributed by atoms with Gasteiger partial charge in [-0.2, -0.15) is 0 Å². The van der Waals surface area contributed by atoms with Crippen LogP contribution in [0.25, 0.3) is 123 Å². The van der Waals surface area contributed by atoms with Gasteiger partial charge in [-0.05, 0) is 167 Å². The van der Waals surface area contributed by atoms with E-state index >= 15 is 0 Å². The molecule has 18 rings (SSSR count). The van der Waals surface area contributed by atoms with Crippen molar-refractivity contribution >= 4 is 148 Å². The van der Waals surface area contributed by atoms with Gasteiger partial charge in [0.1, 0.15) is 57.3 Å². The zero-order valence-corrected chi connectivity index (χ0v) is 71.5. The summed E-state index contributed by atoms with van der Waals surface area (Å²) in [6, 6.07) is 76.0. The van der Waals surface area contributed by atoms with Crippen LogP contribution in [0.15, 0.2) is 250 Å². The third kappa shape index (κ3) is 18.8. The number of para-hydroxylation sites is 3. The topological polar surface area (TPSA) is 202 Å². The van der Waals surface area contributed by atoms with Crippen molar-refractivity contribution in [3.63, 3.8) is 0 Å². The second-order valence-electron chi connectivity index (χ2n) is 29.2. The van der Waals surface area contributed by atoms with E-state index in [0.717, 1.165) is 99.8 Å². The molecule has 9 heterocycles. The van der Waals surface area contributed by atoms with Crippen LogP contribution in [0.4, 0.5) is 4.39 Å². The van der Waals surface area contributed by atoms with Gasteiger partial charge in [-0.1, -0.05) is 193 Å². The normalized spacial score (nSPS) is 15.9. The number of rotatable bonds is 9. The van der Waals surface area contributed by atoms with E-state index in [2.05, 4.69) is 68.1 Å². The van der Waals surface area contributed by atoms with E-state index in [0.29, 0.717) is 51.9 Å². The molecule has 3 aliphatic rings. The molecule has 0 atom stereocenters.